The Bertz CT molecular complexity index is 357. The van der Waals surface area contributed by atoms with Crippen molar-refractivity contribution in [1.82, 2.24) is 4.98 Å². The number of alkyl halides is 3. The lowest BCUT2D eigenvalue weighted by atomic mass is 10.1. The minimum Gasteiger partial charge on any atom is -0.298 e. The number of rotatable bonds is 3. The molecule has 76 valence electrons. The predicted octanol–water partition coefficient (Wildman–Crippen LogP) is 2.87. The summed E-state index contributed by atoms with van der Waals surface area (Å²) in [6.07, 6.45) is -2.01. The van der Waals surface area contributed by atoms with Gasteiger partial charge in [0.15, 0.2) is 6.29 Å². The van der Waals surface area contributed by atoms with E-state index in [2.05, 4.69) is 20.9 Å². The lowest BCUT2D eigenvalue weighted by Crippen LogP contribution is -2.04. The van der Waals surface area contributed by atoms with E-state index in [1.807, 2.05) is 0 Å². The average Bonchev–Trinajstić information content (AvgIpc) is 2.16. The first kappa shape index (κ1) is 11.2. The van der Waals surface area contributed by atoms with E-state index in [1.165, 1.54) is 0 Å². The van der Waals surface area contributed by atoms with Crippen LogP contribution >= 0.6 is 15.9 Å². The molecule has 0 aromatic carbocycles. The van der Waals surface area contributed by atoms with E-state index in [1.54, 1.807) is 0 Å². The van der Waals surface area contributed by atoms with E-state index < -0.39 is 17.9 Å². The summed E-state index contributed by atoms with van der Waals surface area (Å²) in [5.74, 6) is -0.770. The second-order valence-corrected chi connectivity index (χ2v) is 3.00. The molecular weight excluding hydrogens is 263 g/mol. The van der Waals surface area contributed by atoms with E-state index in [0.29, 0.717) is 6.20 Å². The third kappa shape index (κ3) is 1.95. The van der Waals surface area contributed by atoms with Crippen LogP contribution in [0.25, 0.3) is 0 Å². The van der Waals surface area contributed by atoms with Crippen molar-refractivity contribution in [3.05, 3.63) is 28.8 Å². The van der Waals surface area contributed by atoms with Gasteiger partial charge in [0, 0.05) is 16.5 Å². The molecule has 0 atom stereocenters. The highest BCUT2D eigenvalue weighted by Gasteiger charge is 2.19. The van der Waals surface area contributed by atoms with E-state index in [4.69, 9.17) is 0 Å². The third-order valence-corrected chi connectivity index (χ3v) is 2.23. The zero-order chi connectivity index (χ0) is 10.7. The Morgan fingerprint density at radius 2 is 2.21 bits per heavy atom. The van der Waals surface area contributed by atoms with Crippen molar-refractivity contribution in [1.29, 1.82) is 0 Å². The van der Waals surface area contributed by atoms with Crippen LogP contribution < -0.4 is 0 Å². The molecule has 0 fully saturated rings. The zero-order valence-electron chi connectivity index (χ0n) is 6.81. The third-order valence-electron chi connectivity index (χ3n) is 1.66. The molecule has 0 N–H and O–H groups in total. The van der Waals surface area contributed by atoms with Gasteiger partial charge in [0.2, 0.25) is 0 Å². The fraction of sp³-hybridized carbons (Fsp3) is 0.250. The number of hydrogen-bond acceptors (Lipinski definition) is 2. The molecule has 1 aromatic heterocycles. The molecule has 0 aliphatic rings. The molecule has 1 heterocycles. The zero-order valence-corrected chi connectivity index (χ0v) is 8.39. The van der Waals surface area contributed by atoms with Crippen LogP contribution in [0.3, 0.4) is 0 Å². The minimum atomic E-state index is -2.88. The van der Waals surface area contributed by atoms with Crippen LogP contribution in [0.5, 0.6) is 0 Å². The summed E-state index contributed by atoms with van der Waals surface area (Å²) in [6.45, 7) is 0. The van der Waals surface area contributed by atoms with Gasteiger partial charge < -0.3 is 0 Å². The van der Waals surface area contributed by atoms with Crippen molar-refractivity contribution in [2.45, 2.75) is 11.8 Å². The van der Waals surface area contributed by atoms with Gasteiger partial charge >= 0.3 is 0 Å². The summed E-state index contributed by atoms with van der Waals surface area (Å²) in [5, 5.41) is -0.00481. The SMILES string of the molecule is O=Cc1c(C(F)F)ncc(F)c1CBr. The molecule has 0 saturated heterocycles. The molecule has 14 heavy (non-hydrogen) atoms. The van der Waals surface area contributed by atoms with Crippen molar-refractivity contribution in [3.63, 3.8) is 0 Å². The first-order valence-electron chi connectivity index (χ1n) is 3.58. The summed E-state index contributed by atoms with van der Waals surface area (Å²) in [4.78, 5) is 13.7. The number of aldehydes is 1. The van der Waals surface area contributed by atoms with Crippen molar-refractivity contribution < 1.29 is 18.0 Å². The summed E-state index contributed by atoms with van der Waals surface area (Å²) >= 11 is 2.91. The van der Waals surface area contributed by atoms with Crippen LogP contribution in [-0.2, 0) is 5.33 Å². The van der Waals surface area contributed by atoms with Gasteiger partial charge in [0.25, 0.3) is 6.43 Å². The molecule has 0 unspecified atom stereocenters. The van der Waals surface area contributed by atoms with Gasteiger partial charge in [-0.15, -0.1) is 0 Å². The van der Waals surface area contributed by atoms with Gasteiger partial charge in [-0.3, -0.25) is 9.78 Å². The molecule has 0 spiro atoms. The highest BCUT2D eigenvalue weighted by molar-refractivity contribution is 9.08. The molecule has 1 aromatic rings. The lowest BCUT2D eigenvalue weighted by molar-refractivity contribution is 0.110. The van der Waals surface area contributed by atoms with Crippen LogP contribution in [0.15, 0.2) is 6.20 Å². The topological polar surface area (TPSA) is 30.0 Å². The fourth-order valence-corrected chi connectivity index (χ4v) is 1.57. The largest absolute Gasteiger partial charge is 0.298 e. The quantitative estimate of drug-likeness (QED) is 0.623. The molecule has 0 aliphatic heterocycles. The summed E-state index contributed by atoms with van der Waals surface area (Å²) in [7, 11) is 0. The maximum atomic E-state index is 13.0. The van der Waals surface area contributed by atoms with Gasteiger partial charge in [-0.2, -0.15) is 0 Å². The van der Waals surface area contributed by atoms with Crippen LogP contribution in [0.2, 0.25) is 0 Å². The number of carbonyl (C=O) groups excluding carboxylic acids is 1. The highest BCUT2D eigenvalue weighted by Crippen LogP contribution is 2.24. The second kappa shape index (κ2) is 4.54. The van der Waals surface area contributed by atoms with Gasteiger partial charge in [-0.1, -0.05) is 15.9 Å². The Hall–Kier alpha value is -0.910. The molecule has 0 amide bonds. The van der Waals surface area contributed by atoms with Gasteiger partial charge in [-0.05, 0) is 0 Å². The normalized spacial score (nSPS) is 10.6. The van der Waals surface area contributed by atoms with Crippen LogP contribution in [0.4, 0.5) is 13.2 Å². The Morgan fingerprint density at radius 1 is 1.57 bits per heavy atom. The molecule has 2 nitrogen and oxygen atoms in total. The van der Waals surface area contributed by atoms with Gasteiger partial charge in [0.05, 0.1) is 6.20 Å². The maximum Gasteiger partial charge on any atom is 0.281 e. The van der Waals surface area contributed by atoms with Crippen molar-refractivity contribution in [2.24, 2.45) is 0 Å². The monoisotopic (exact) mass is 267 g/mol. The van der Waals surface area contributed by atoms with Gasteiger partial charge in [-0.25, -0.2) is 13.2 Å². The molecule has 0 radical (unpaired) electrons. The number of nitrogens with zero attached hydrogens (tertiary/aromatic N) is 1. The van der Waals surface area contributed by atoms with Crippen molar-refractivity contribution >= 4 is 22.2 Å². The summed E-state index contributed by atoms with van der Waals surface area (Å²) in [5.41, 5.74) is -1.15. The Labute approximate surface area is 86.3 Å². The van der Waals surface area contributed by atoms with E-state index in [9.17, 15) is 18.0 Å². The van der Waals surface area contributed by atoms with Crippen LogP contribution in [0, 0.1) is 5.82 Å². The van der Waals surface area contributed by atoms with Gasteiger partial charge in [0.1, 0.15) is 11.5 Å². The Balaban J connectivity index is 3.40. The summed E-state index contributed by atoms with van der Waals surface area (Å²) < 4.78 is 37.6. The maximum absolute atomic E-state index is 13.0. The highest BCUT2D eigenvalue weighted by atomic mass is 79.9. The number of pyridine rings is 1. The smallest absolute Gasteiger partial charge is 0.281 e. The first-order chi connectivity index (χ1) is 6.61. The molecule has 0 saturated carbocycles. The second-order valence-electron chi connectivity index (χ2n) is 2.44. The average molecular weight is 268 g/mol. The molecule has 6 heteroatoms. The van der Waals surface area contributed by atoms with E-state index in [0.717, 1.165) is 0 Å². The lowest BCUT2D eigenvalue weighted by Gasteiger charge is -2.07. The number of halogens is 4. The molecule has 0 aliphatic carbocycles. The Morgan fingerprint density at radius 3 is 2.64 bits per heavy atom. The van der Waals surface area contributed by atoms with Crippen molar-refractivity contribution in [2.75, 3.05) is 0 Å². The first-order valence-corrected chi connectivity index (χ1v) is 4.70. The van der Waals surface area contributed by atoms with Crippen molar-refractivity contribution in [3.8, 4) is 0 Å². The number of hydrogen-bond donors (Lipinski definition) is 0. The molecule has 0 bridgehead atoms. The Kier molecular flexibility index (Phi) is 3.62. The number of aromatic nitrogens is 1. The van der Waals surface area contributed by atoms with Crippen LogP contribution in [0.1, 0.15) is 28.0 Å². The van der Waals surface area contributed by atoms with Crippen LogP contribution in [-0.4, -0.2) is 11.3 Å². The summed E-state index contributed by atoms with van der Waals surface area (Å²) in [6, 6.07) is 0. The fourth-order valence-electron chi connectivity index (χ4n) is 0.998. The molecular formula is C8H5BrF3NO. The predicted molar refractivity (Wildman–Crippen MR) is 47.2 cm³/mol. The minimum absolute atomic E-state index is 0.00481. The molecule has 1 rings (SSSR count). The standard InChI is InChI=1S/C8H5BrF3NO/c9-1-4-5(3-14)7(8(11)12)13-2-6(4)10/h2-3,8H,1H2. The van der Waals surface area contributed by atoms with E-state index >= 15 is 0 Å². The van der Waals surface area contributed by atoms with E-state index in [-0.39, 0.29) is 22.7 Å². The number of carbonyl (C=O) groups is 1.